The number of hydrogen-bond acceptors (Lipinski definition) is 6. The molecule has 1 aliphatic heterocycles. The van der Waals surface area contributed by atoms with Crippen molar-refractivity contribution in [2.45, 2.75) is 13.3 Å². The molecule has 0 aliphatic carbocycles. The van der Waals surface area contributed by atoms with E-state index in [9.17, 15) is 9.59 Å². The lowest BCUT2D eigenvalue weighted by molar-refractivity contribution is -0.112. The van der Waals surface area contributed by atoms with Gasteiger partial charge in [-0.2, -0.15) is 0 Å². The highest BCUT2D eigenvalue weighted by Gasteiger charge is 2.24. The van der Waals surface area contributed by atoms with E-state index in [1.54, 1.807) is 11.8 Å². The molecule has 0 radical (unpaired) electrons. The number of benzene rings is 2. The molecule has 4 aromatic rings. The number of fused-ring (bicyclic) bond motifs is 1. The van der Waals surface area contributed by atoms with Gasteiger partial charge < -0.3 is 25.3 Å². The number of hydrogen-bond donors (Lipinski definition) is 2. The topological polar surface area (TPSA) is 115 Å². The number of nitrogen functional groups attached to an aromatic ring is 1. The molecule has 5 rings (SSSR count). The molecule has 9 heteroatoms. The number of nitrogens with zero attached hydrogens (tertiary/aromatic N) is 4. The van der Waals surface area contributed by atoms with Crippen molar-refractivity contribution in [3.63, 3.8) is 0 Å². The van der Waals surface area contributed by atoms with Crippen molar-refractivity contribution in [1.82, 2.24) is 19.4 Å². The predicted octanol–water partition coefficient (Wildman–Crippen LogP) is 4.51. The summed E-state index contributed by atoms with van der Waals surface area (Å²) in [7, 11) is 3.77. The minimum absolute atomic E-state index is 0.0261. The zero-order valence-electron chi connectivity index (χ0n) is 22.4. The van der Waals surface area contributed by atoms with Crippen LogP contribution in [0.5, 0.6) is 0 Å². The number of nitrogens with two attached hydrogens (primary N) is 1. The van der Waals surface area contributed by atoms with Crippen LogP contribution in [0.2, 0.25) is 0 Å². The fourth-order valence-electron chi connectivity index (χ4n) is 5.04. The van der Waals surface area contributed by atoms with Gasteiger partial charge in [-0.25, -0.2) is 9.97 Å². The summed E-state index contributed by atoms with van der Waals surface area (Å²) in [6, 6.07) is 15.1. The highest BCUT2D eigenvalue weighted by molar-refractivity contribution is 6.08. The molecule has 1 atom stereocenters. The molecule has 1 fully saturated rings. The molecule has 2 amide bonds. The van der Waals surface area contributed by atoms with Crippen molar-refractivity contribution in [3.8, 4) is 22.4 Å². The van der Waals surface area contributed by atoms with E-state index in [-0.39, 0.29) is 11.8 Å². The molecular formula is C30H32N6O3. The Morgan fingerprint density at radius 2 is 1.82 bits per heavy atom. The number of carbonyl (C=O) groups is 2. The number of ether oxygens (including phenoxy) is 1. The maximum absolute atomic E-state index is 13.1. The molecule has 2 aromatic carbocycles. The molecule has 9 nitrogen and oxygen atoms in total. The van der Waals surface area contributed by atoms with Gasteiger partial charge in [0.1, 0.15) is 17.8 Å². The lowest BCUT2D eigenvalue weighted by atomic mass is 9.97. The molecule has 0 unspecified atom stereocenters. The van der Waals surface area contributed by atoms with Crippen LogP contribution in [-0.2, 0) is 16.6 Å². The summed E-state index contributed by atoms with van der Waals surface area (Å²) < 4.78 is 7.44. The second kappa shape index (κ2) is 10.7. The number of aromatic nitrogens is 3. The standard InChI is InChI=1S/C30H32N6O3/c1-18(2)29(37)34-23-11-9-21(10-12-23)26-24(25-27(31)32-17-33-28(25)36(26)4)20-5-7-22(8-6-20)30(38)35(3)15-19-13-14-39-16-19/h5-12,17,19H,1,13-16H2,2-4H3,(H,34,37)(H2,31,32,33)/t19-/m0/s1. The van der Waals surface area contributed by atoms with Crippen LogP contribution in [0.15, 0.2) is 67.0 Å². The van der Waals surface area contributed by atoms with Crippen molar-refractivity contribution >= 4 is 34.4 Å². The van der Waals surface area contributed by atoms with Gasteiger partial charge in [-0.05, 0) is 48.7 Å². The quantitative estimate of drug-likeness (QED) is 0.344. The van der Waals surface area contributed by atoms with Gasteiger partial charge in [0.2, 0.25) is 0 Å². The first-order valence-corrected chi connectivity index (χ1v) is 12.8. The van der Waals surface area contributed by atoms with E-state index in [1.807, 2.05) is 67.2 Å². The molecule has 2 aromatic heterocycles. The maximum atomic E-state index is 13.1. The number of aryl methyl sites for hydroxylation is 1. The second-order valence-electron chi connectivity index (χ2n) is 10.0. The van der Waals surface area contributed by atoms with Crippen LogP contribution in [0.1, 0.15) is 23.7 Å². The third kappa shape index (κ3) is 5.13. The number of amides is 2. The summed E-state index contributed by atoms with van der Waals surface area (Å²) in [5, 5.41) is 3.58. The summed E-state index contributed by atoms with van der Waals surface area (Å²) in [6.45, 7) is 7.48. The average Bonchev–Trinajstić information content (AvgIpc) is 3.55. The van der Waals surface area contributed by atoms with E-state index >= 15 is 0 Å². The van der Waals surface area contributed by atoms with E-state index in [0.29, 0.717) is 47.4 Å². The SMILES string of the molecule is C=C(C)C(=O)Nc1ccc(-c2c(-c3ccc(C(=O)N(C)C[C@@H]4CCOC4)cc3)c3c(N)ncnc3n2C)cc1. The largest absolute Gasteiger partial charge is 0.383 e. The van der Waals surface area contributed by atoms with Crippen LogP contribution in [-0.4, -0.2) is 58.1 Å². The zero-order chi connectivity index (χ0) is 27.7. The molecule has 1 saturated heterocycles. The lowest BCUT2D eigenvalue weighted by Gasteiger charge is -2.20. The van der Waals surface area contributed by atoms with E-state index in [0.717, 1.165) is 40.8 Å². The Morgan fingerprint density at radius 1 is 1.13 bits per heavy atom. The Morgan fingerprint density at radius 3 is 2.46 bits per heavy atom. The van der Waals surface area contributed by atoms with Gasteiger partial charge in [-0.1, -0.05) is 30.8 Å². The van der Waals surface area contributed by atoms with Crippen LogP contribution in [0, 0.1) is 5.92 Å². The van der Waals surface area contributed by atoms with Gasteiger partial charge in [0.25, 0.3) is 11.8 Å². The van der Waals surface area contributed by atoms with Crippen molar-refractivity contribution in [3.05, 3.63) is 72.6 Å². The molecule has 0 saturated carbocycles. The Bertz CT molecular complexity index is 1550. The molecule has 0 spiro atoms. The van der Waals surface area contributed by atoms with Gasteiger partial charge in [0, 0.05) is 55.6 Å². The maximum Gasteiger partial charge on any atom is 0.253 e. The fraction of sp³-hybridized carbons (Fsp3) is 0.267. The average molecular weight is 525 g/mol. The van der Waals surface area contributed by atoms with Crippen molar-refractivity contribution in [2.75, 3.05) is 37.9 Å². The fourth-order valence-corrected chi connectivity index (χ4v) is 5.04. The van der Waals surface area contributed by atoms with Crippen LogP contribution in [0.4, 0.5) is 11.5 Å². The number of nitrogens with one attached hydrogen (secondary N) is 1. The summed E-state index contributed by atoms with van der Waals surface area (Å²) >= 11 is 0. The van der Waals surface area contributed by atoms with Gasteiger partial charge in [0.05, 0.1) is 17.7 Å². The zero-order valence-corrected chi connectivity index (χ0v) is 22.4. The summed E-state index contributed by atoms with van der Waals surface area (Å²) in [6.07, 6.45) is 2.43. The Hall–Kier alpha value is -4.50. The molecule has 3 N–H and O–H groups in total. The molecule has 200 valence electrons. The number of anilines is 2. The molecule has 39 heavy (non-hydrogen) atoms. The second-order valence-corrected chi connectivity index (χ2v) is 10.0. The third-order valence-electron chi connectivity index (χ3n) is 7.12. The molecule has 0 bridgehead atoms. The van der Waals surface area contributed by atoms with E-state index in [1.165, 1.54) is 6.33 Å². The van der Waals surface area contributed by atoms with Crippen molar-refractivity contribution < 1.29 is 14.3 Å². The molecular weight excluding hydrogens is 492 g/mol. The minimum atomic E-state index is -0.229. The monoisotopic (exact) mass is 524 g/mol. The predicted molar refractivity (Wildman–Crippen MR) is 153 cm³/mol. The van der Waals surface area contributed by atoms with Crippen LogP contribution >= 0.6 is 0 Å². The van der Waals surface area contributed by atoms with Gasteiger partial charge in [-0.3, -0.25) is 9.59 Å². The first-order chi connectivity index (χ1) is 18.7. The van der Waals surface area contributed by atoms with Gasteiger partial charge in [0.15, 0.2) is 0 Å². The Balaban J connectivity index is 1.52. The van der Waals surface area contributed by atoms with Crippen LogP contribution in [0.25, 0.3) is 33.4 Å². The Kier molecular flexibility index (Phi) is 7.17. The van der Waals surface area contributed by atoms with Crippen molar-refractivity contribution in [2.24, 2.45) is 13.0 Å². The summed E-state index contributed by atoms with van der Waals surface area (Å²) in [4.78, 5) is 35.7. The molecule has 1 aliphatic rings. The van der Waals surface area contributed by atoms with E-state index in [4.69, 9.17) is 10.5 Å². The van der Waals surface area contributed by atoms with Gasteiger partial charge >= 0.3 is 0 Å². The number of carbonyl (C=O) groups excluding carboxylic acids is 2. The Labute approximate surface area is 227 Å². The first kappa shape index (κ1) is 26.1. The van der Waals surface area contributed by atoms with Crippen LogP contribution in [0.3, 0.4) is 0 Å². The van der Waals surface area contributed by atoms with Crippen LogP contribution < -0.4 is 11.1 Å². The smallest absolute Gasteiger partial charge is 0.253 e. The summed E-state index contributed by atoms with van der Waals surface area (Å²) in [5.41, 5.74) is 12.4. The van der Waals surface area contributed by atoms with E-state index in [2.05, 4.69) is 21.9 Å². The highest BCUT2D eigenvalue weighted by Crippen LogP contribution is 2.41. The van der Waals surface area contributed by atoms with Crippen molar-refractivity contribution in [1.29, 1.82) is 0 Å². The minimum Gasteiger partial charge on any atom is -0.383 e. The molecule has 3 heterocycles. The normalized spacial score (nSPS) is 14.9. The van der Waals surface area contributed by atoms with Gasteiger partial charge in [-0.15, -0.1) is 0 Å². The number of rotatable bonds is 7. The third-order valence-corrected chi connectivity index (χ3v) is 7.12. The first-order valence-electron chi connectivity index (χ1n) is 12.8. The van der Waals surface area contributed by atoms with E-state index < -0.39 is 0 Å². The highest BCUT2D eigenvalue weighted by atomic mass is 16.5. The summed E-state index contributed by atoms with van der Waals surface area (Å²) in [5.74, 6) is 0.496. The lowest BCUT2D eigenvalue weighted by Crippen LogP contribution is -2.32.